The first kappa shape index (κ1) is 27.6. The zero-order chi connectivity index (χ0) is 26.2. The Balaban J connectivity index is 0.000000454. The van der Waals surface area contributed by atoms with Crippen molar-refractivity contribution in [1.82, 2.24) is 9.88 Å². The van der Waals surface area contributed by atoms with Gasteiger partial charge < -0.3 is 14.7 Å². The van der Waals surface area contributed by atoms with E-state index >= 15 is 0 Å². The minimum Gasteiger partial charge on any atom is -0.478 e. The van der Waals surface area contributed by atoms with Crippen LogP contribution in [0.1, 0.15) is 73.3 Å². The number of aromatic nitrogens is 1. The van der Waals surface area contributed by atoms with E-state index in [4.69, 9.17) is 21.3 Å². The SMILES string of the molecule is CC(=O)Oc1c(Cc2ccc(Cl)cc2)nc2c3c(ccc2c1C(=O)O)CCCC3.CCN(CC)CC. The number of esters is 1. The van der Waals surface area contributed by atoms with Crippen LogP contribution in [0.25, 0.3) is 10.9 Å². The standard InChI is InChI=1S/C23H20ClNO4.C6H15N/c1-13(26)29-22-19(12-14-6-9-16(24)10-7-14)25-21-17-5-3-2-4-15(17)8-11-18(21)20(22)23(27)28;1-4-7(5-2)6-3/h6-11H,2-5,12H2,1H3,(H,27,28);4-6H2,1-3H3. The molecule has 1 N–H and O–H groups in total. The lowest BCUT2D eigenvalue weighted by Gasteiger charge is -2.20. The van der Waals surface area contributed by atoms with Crippen LogP contribution >= 0.6 is 11.6 Å². The molecule has 3 aromatic rings. The molecule has 0 fully saturated rings. The van der Waals surface area contributed by atoms with Crippen LogP contribution in [0.2, 0.25) is 5.02 Å². The fourth-order valence-electron chi connectivity index (χ4n) is 4.64. The number of carbonyl (C=O) groups excluding carboxylic acids is 1. The van der Waals surface area contributed by atoms with E-state index in [2.05, 4.69) is 25.7 Å². The third-order valence-corrected chi connectivity index (χ3v) is 6.85. The van der Waals surface area contributed by atoms with Gasteiger partial charge in [0.1, 0.15) is 5.56 Å². The molecule has 6 nitrogen and oxygen atoms in total. The third-order valence-electron chi connectivity index (χ3n) is 6.59. The Kier molecular flexibility index (Phi) is 9.85. The lowest BCUT2D eigenvalue weighted by Crippen LogP contribution is -2.21. The molecule has 0 spiro atoms. The summed E-state index contributed by atoms with van der Waals surface area (Å²) >= 11 is 5.98. The summed E-state index contributed by atoms with van der Waals surface area (Å²) in [4.78, 5) is 31.1. The highest BCUT2D eigenvalue weighted by atomic mass is 35.5. The second kappa shape index (κ2) is 12.8. The molecule has 0 aliphatic heterocycles. The van der Waals surface area contributed by atoms with E-state index in [-0.39, 0.29) is 11.3 Å². The second-order valence-electron chi connectivity index (χ2n) is 8.89. The number of benzene rings is 2. The lowest BCUT2D eigenvalue weighted by molar-refractivity contribution is -0.131. The summed E-state index contributed by atoms with van der Waals surface area (Å²) in [5, 5.41) is 11.1. The van der Waals surface area contributed by atoms with Gasteiger partial charge in [-0.1, -0.05) is 56.6 Å². The maximum absolute atomic E-state index is 12.2. The largest absolute Gasteiger partial charge is 0.478 e. The summed E-state index contributed by atoms with van der Waals surface area (Å²) in [6.45, 7) is 11.4. The molecule has 0 atom stereocenters. The third kappa shape index (κ3) is 6.62. The van der Waals surface area contributed by atoms with Crippen LogP contribution in [0, 0.1) is 0 Å². The molecule has 1 aromatic heterocycles. The van der Waals surface area contributed by atoms with Crippen LogP contribution in [0.5, 0.6) is 5.75 Å². The predicted octanol–water partition coefficient (Wildman–Crippen LogP) is 6.33. The zero-order valence-corrected chi connectivity index (χ0v) is 22.3. The van der Waals surface area contributed by atoms with E-state index in [1.807, 2.05) is 18.2 Å². The first-order valence-electron chi connectivity index (χ1n) is 12.6. The molecular weight excluding hydrogens is 476 g/mol. The molecule has 0 saturated heterocycles. The smallest absolute Gasteiger partial charge is 0.340 e. The maximum atomic E-state index is 12.2. The van der Waals surface area contributed by atoms with Crippen LogP contribution in [-0.4, -0.2) is 46.6 Å². The number of halogens is 1. The molecule has 2 aromatic carbocycles. The number of nitrogens with zero attached hydrogens (tertiary/aromatic N) is 2. The zero-order valence-electron chi connectivity index (χ0n) is 21.6. The predicted molar refractivity (Wildman–Crippen MR) is 144 cm³/mol. The molecule has 7 heteroatoms. The summed E-state index contributed by atoms with van der Waals surface area (Å²) in [7, 11) is 0. The minimum atomic E-state index is -1.14. The number of hydrogen-bond acceptors (Lipinski definition) is 5. The first-order chi connectivity index (χ1) is 17.3. The second-order valence-corrected chi connectivity index (χ2v) is 9.33. The number of hydrogen-bond donors (Lipinski definition) is 1. The quantitative estimate of drug-likeness (QED) is 0.374. The molecule has 4 rings (SSSR count). The van der Waals surface area contributed by atoms with Gasteiger partial charge in [0, 0.05) is 23.8 Å². The molecule has 36 heavy (non-hydrogen) atoms. The van der Waals surface area contributed by atoms with Crippen molar-refractivity contribution in [2.45, 2.75) is 59.8 Å². The van der Waals surface area contributed by atoms with E-state index in [9.17, 15) is 14.7 Å². The molecule has 192 valence electrons. The van der Waals surface area contributed by atoms with Gasteiger partial charge >= 0.3 is 11.9 Å². The van der Waals surface area contributed by atoms with Gasteiger partial charge in [-0.3, -0.25) is 4.79 Å². The summed E-state index contributed by atoms with van der Waals surface area (Å²) < 4.78 is 5.38. The van der Waals surface area contributed by atoms with Crippen LogP contribution in [0.3, 0.4) is 0 Å². The Hall–Kier alpha value is -2.96. The van der Waals surface area contributed by atoms with Crippen LogP contribution in [0.4, 0.5) is 0 Å². The van der Waals surface area contributed by atoms with Gasteiger partial charge in [0.25, 0.3) is 0 Å². The van der Waals surface area contributed by atoms with Crippen molar-refractivity contribution < 1.29 is 19.4 Å². The van der Waals surface area contributed by atoms with E-state index in [1.165, 1.54) is 32.1 Å². The number of aromatic carboxylic acids is 1. The molecule has 0 radical (unpaired) electrons. The summed E-state index contributed by atoms with van der Waals surface area (Å²) in [5.41, 5.74) is 4.33. The summed E-state index contributed by atoms with van der Waals surface area (Å²) in [6, 6.07) is 11.0. The van der Waals surface area contributed by atoms with Crippen molar-refractivity contribution in [2.75, 3.05) is 19.6 Å². The van der Waals surface area contributed by atoms with Crippen LogP contribution < -0.4 is 4.74 Å². The lowest BCUT2D eigenvalue weighted by atomic mass is 9.88. The van der Waals surface area contributed by atoms with Crippen molar-refractivity contribution in [3.05, 3.63) is 69.4 Å². The van der Waals surface area contributed by atoms with E-state index in [0.717, 1.165) is 36.8 Å². The average Bonchev–Trinajstić information content (AvgIpc) is 2.86. The van der Waals surface area contributed by atoms with Crippen LogP contribution in [-0.2, 0) is 24.1 Å². The molecule has 1 aliphatic carbocycles. The monoisotopic (exact) mass is 510 g/mol. The average molecular weight is 511 g/mol. The summed E-state index contributed by atoms with van der Waals surface area (Å²) in [5.74, 6) is -1.70. The summed E-state index contributed by atoms with van der Waals surface area (Å²) in [6.07, 6.45) is 4.33. The van der Waals surface area contributed by atoms with E-state index in [0.29, 0.717) is 28.0 Å². The van der Waals surface area contributed by atoms with E-state index < -0.39 is 11.9 Å². The number of rotatable bonds is 7. The van der Waals surface area contributed by atoms with Crippen molar-refractivity contribution in [2.24, 2.45) is 0 Å². The fourth-order valence-corrected chi connectivity index (χ4v) is 4.77. The molecular formula is C29H35ClN2O4. The fraction of sp³-hybridized carbons (Fsp3) is 0.414. The highest BCUT2D eigenvalue weighted by Gasteiger charge is 2.26. The van der Waals surface area contributed by atoms with Gasteiger partial charge in [0.15, 0.2) is 5.75 Å². The molecule has 1 aliphatic rings. The van der Waals surface area contributed by atoms with Crippen molar-refractivity contribution in [3.63, 3.8) is 0 Å². The van der Waals surface area contributed by atoms with Gasteiger partial charge in [-0.25, -0.2) is 9.78 Å². The number of pyridine rings is 1. The molecule has 0 amide bonds. The number of carboxylic acid groups (broad SMARTS) is 1. The van der Waals surface area contributed by atoms with Crippen molar-refractivity contribution in [1.29, 1.82) is 0 Å². The first-order valence-corrected chi connectivity index (χ1v) is 13.0. The minimum absolute atomic E-state index is 0.0115. The molecule has 0 unspecified atom stereocenters. The van der Waals surface area contributed by atoms with Gasteiger partial charge in [-0.05, 0) is 74.1 Å². The van der Waals surface area contributed by atoms with Gasteiger partial charge in [-0.2, -0.15) is 0 Å². The van der Waals surface area contributed by atoms with Crippen LogP contribution in [0.15, 0.2) is 36.4 Å². The Labute approximate surface area is 218 Å². The Morgan fingerprint density at radius 2 is 1.64 bits per heavy atom. The Morgan fingerprint density at radius 3 is 2.19 bits per heavy atom. The molecule has 0 saturated carbocycles. The number of fused-ring (bicyclic) bond motifs is 3. The van der Waals surface area contributed by atoms with Crippen molar-refractivity contribution >= 4 is 34.4 Å². The van der Waals surface area contributed by atoms with Gasteiger partial charge in [-0.15, -0.1) is 0 Å². The maximum Gasteiger partial charge on any atom is 0.340 e. The van der Waals surface area contributed by atoms with E-state index in [1.54, 1.807) is 18.2 Å². The van der Waals surface area contributed by atoms with Gasteiger partial charge in [0.2, 0.25) is 0 Å². The number of carbonyl (C=O) groups is 2. The highest BCUT2D eigenvalue weighted by Crippen LogP contribution is 2.36. The Bertz CT molecular complexity index is 1210. The molecule has 1 heterocycles. The normalized spacial score (nSPS) is 12.6. The highest BCUT2D eigenvalue weighted by molar-refractivity contribution is 6.30. The van der Waals surface area contributed by atoms with Gasteiger partial charge in [0.05, 0.1) is 11.2 Å². The Morgan fingerprint density at radius 1 is 1.00 bits per heavy atom. The number of aryl methyl sites for hydroxylation is 2. The molecule has 0 bridgehead atoms. The van der Waals surface area contributed by atoms with Crippen molar-refractivity contribution in [3.8, 4) is 5.75 Å². The topological polar surface area (TPSA) is 79.7 Å². The number of carboxylic acids is 1. The number of ether oxygens (including phenoxy) is 1.